The zero-order valence-electron chi connectivity index (χ0n) is 15.7. The lowest BCUT2D eigenvalue weighted by atomic mass is 9.93. The maximum atomic E-state index is 4.81. The molecular weight excluding hydrogens is 324 g/mol. The van der Waals surface area contributed by atoms with Crippen molar-refractivity contribution in [1.82, 2.24) is 24.8 Å². The van der Waals surface area contributed by atoms with Crippen LogP contribution in [-0.4, -0.2) is 39.7 Å². The molecule has 0 aliphatic carbocycles. The Morgan fingerprint density at radius 1 is 1.15 bits per heavy atom. The summed E-state index contributed by atoms with van der Waals surface area (Å²) in [5, 5.41) is 3.43. The predicted molar refractivity (Wildman–Crippen MR) is 105 cm³/mol. The Morgan fingerprint density at radius 3 is 2.73 bits per heavy atom. The van der Waals surface area contributed by atoms with E-state index in [1.54, 1.807) is 0 Å². The minimum atomic E-state index is 0.574. The number of imidazole rings is 1. The topological polar surface area (TPSA) is 58.9 Å². The van der Waals surface area contributed by atoms with Gasteiger partial charge in [-0.15, -0.1) is 0 Å². The lowest BCUT2D eigenvalue weighted by Crippen LogP contribution is -2.27. The summed E-state index contributed by atoms with van der Waals surface area (Å²) in [5.41, 5.74) is 5.68. The van der Waals surface area contributed by atoms with Crippen LogP contribution in [0.15, 0.2) is 30.9 Å². The van der Waals surface area contributed by atoms with Crippen molar-refractivity contribution in [3.05, 3.63) is 42.1 Å². The van der Waals surface area contributed by atoms with E-state index in [-0.39, 0.29) is 0 Å². The third kappa shape index (κ3) is 3.05. The monoisotopic (exact) mass is 350 g/mol. The highest BCUT2D eigenvalue weighted by atomic mass is 15.2. The van der Waals surface area contributed by atoms with Crippen LogP contribution in [0.4, 0.5) is 11.5 Å². The number of nitrogens with zero attached hydrogens (tertiary/aromatic N) is 5. The van der Waals surface area contributed by atoms with Gasteiger partial charge < -0.3 is 14.8 Å². The van der Waals surface area contributed by atoms with Crippen LogP contribution in [-0.2, 0) is 13.5 Å². The molecule has 6 heteroatoms. The molecule has 26 heavy (non-hydrogen) atoms. The van der Waals surface area contributed by atoms with Crippen LogP contribution in [0.25, 0.3) is 11.0 Å². The molecule has 1 aliphatic rings. The van der Waals surface area contributed by atoms with Gasteiger partial charge in [0, 0.05) is 31.8 Å². The van der Waals surface area contributed by atoms with Crippen molar-refractivity contribution >= 4 is 22.5 Å². The fourth-order valence-electron chi connectivity index (χ4n) is 3.76. The van der Waals surface area contributed by atoms with Crippen LogP contribution < -0.4 is 10.2 Å². The van der Waals surface area contributed by atoms with E-state index in [4.69, 9.17) is 4.98 Å². The van der Waals surface area contributed by atoms with Crippen molar-refractivity contribution in [3.8, 4) is 0 Å². The van der Waals surface area contributed by atoms with E-state index in [0.717, 1.165) is 42.0 Å². The summed E-state index contributed by atoms with van der Waals surface area (Å²) in [4.78, 5) is 15.9. The molecule has 3 aromatic heterocycles. The van der Waals surface area contributed by atoms with Gasteiger partial charge in [0.1, 0.15) is 11.3 Å². The van der Waals surface area contributed by atoms with Crippen LogP contribution in [0.3, 0.4) is 0 Å². The highest BCUT2D eigenvalue weighted by Crippen LogP contribution is 2.31. The van der Waals surface area contributed by atoms with Crippen LogP contribution in [0.5, 0.6) is 0 Å². The molecule has 0 spiro atoms. The molecule has 136 valence electrons. The summed E-state index contributed by atoms with van der Waals surface area (Å²) >= 11 is 0. The second-order valence-corrected chi connectivity index (χ2v) is 7.06. The molecule has 0 bridgehead atoms. The largest absolute Gasteiger partial charge is 0.334 e. The molecule has 0 radical (unpaired) electrons. The lowest BCUT2D eigenvalue weighted by Gasteiger charge is -2.25. The van der Waals surface area contributed by atoms with E-state index in [2.05, 4.69) is 46.3 Å². The van der Waals surface area contributed by atoms with Gasteiger partial charge in [-0.3, -0.25) is 4.98 Å². The number of hydrogen-bond donors (Lipinski definition) is 1. The van der Waals surface area contributed by atoms with Gasteiger partial charge in [-0.05, 0) is 44.0 Å². The third-order valence-electron chi connectivity index (χ3n) is 5.43. The van der Waals surface area contributed by atoms with Gasteiger partial charge >= 0.3 is 0 Å². The standard InChI is InChI=1S/C20H26N6/c1-4-14-9-16(15-5-7-21-8-6-15)22-12-19(14)26(3)20-10-18-17(11-23-20)24-13-25(18)2/h9-13,15,21H,4-8H2,1-3H3. The second kappa shape index (κ2) is 7.03. The Kier molecular flexibility index (Phi) is 4.59. The quantitative estimate of drug-likeness (QED) is 0.783. The first kappa shape index (κ1) is 17.0. The summed E-state index contributed by atoms with van der Waals surface area (Å²) in [5.74, 6) is 1.48. The van der Waals surface area contributed by atoms with Gasteiger partial charge in [0.2, 0.25) is 0 Å². The number of pyridine rings is 2. The summed E-state index contributed by atoms with van der Waals surface area (Å²) in [6, 6.07) is 4.38. The number of aromatic nitrogens is 4. The normalized spacial score (nSPS) is 15.5. The maximum Gasteiger partial charge on any atom is 0.134 e. The Balaban J connectivity index is 1.67. The van der Waals surface area contributed by atoms with Crippen molar-refractivity contribution in [3.63, 3.8) is 0 Å². The van der Waals surface area contributed by atoms with E-state index in [1.807, 2.05) is 30.3 Å². The summed E-state index contributed by atoms with van der Waals surface area (Å²) < 4.78 is 2.02. The number of aryl methyl sites for hydroxylation is 2. The summed E-state index contributed by atoms with van der Waals surface area (Å²) in [7, 11) is 4.07. The summed E-state index contributed by atoms with van der Waals surface area (Å²) in [6.07, 6.45) is 9.00. The zero-order chi connectivity index (χ0) is 18.1. The van der Waals surface area contributed by atoms with Crippen molar-refractivity contribution < 1.29 is 0 Å². The third-order valence-corrected chi connectivity index (χ3v) is 5.43. The van der Waals surface area contributed by atoms with Gasteiger partial charge in [-0.1, -0.05) is 6.92 Å². The van der Waals surface area contributed by atoms with Gasteiger partial charge in [0.25, 0.3) is 0 Å². The predicted octanol–water partition coefficient (Wildman–Crippen LogP) is 3.16. The fraction of sp³-hybridized carbons (Fsp3) is 0.450. The fourth-order valence-corrected chi connectivity index (χ4v) is 3.76. The maximum absolute atomic E-state index is 4.81. The Morgan fingerprint density at radius 2 is 1.96 bits per heavy atom. The molecular formula is C20H26N6. The van der Waals surface area contributed by atoms with E-state index in [1.165, 1.54) is 24.1 Å². The van der Waals surface area contributed by atoms with Gasteiger partial charge in [-0.2, -0.15) is 0 Å². The second-order valence-electron chi connectivity index (χ2n) is 7.06. The number of hydrogen-bond acceptors (Lipinski definition) is 5. The van der Waals surface area contributed by atoms with Crippen molar-refractivity contribution in [2.75, 3.05) is 25.0 Å². The smallest absolute Gasteiger partial charge is 0.134 e. The highest BCUT2D eigenvalue weighted by molar-refractivity contribution is 5.79. The molecule has 6 nitrogen and oxygen atoms in total. The molecule has 0 saturated carbocycles. The number of anilines is 2. The average molecular weight is 350 g/mol. The van der Waals surface area contributed by atoms with Crippen LogP contribution in [0, 0.1) is 0 Å². The highest BCUT2D eigenvalue weighted by Gasteiger charge is 2.19. The lowest BCUT2D eigenvalue weighted by molar-refractivity contribution is 0.453. The zero-order valence-corrected chi connectivity index (χ0v) is 15.7. The van der Waals surface area contributed by atoms with Gasteiger partial charge in [-0.25, -0.2) is 9.97 Å². The molecule has 3 aromatic rings. The first-order valence-electron chi connectivity index (χ1n) is 9.37. The SMILES string of the molecule is CCc1cc(C2CCNCC2)ncc1N(C)c1cc2c(cn1)ncn2C. The van der Waals surface area contributed by atoms with Crippen molar-refractivity contribution in [2.24, 2.45) is 7.05 Å². The molecule has 1 saturated heterocycles. The number of piperidine rings is 1. The van der Waals surface area contributed by atoms with E-state index in [9.17, 15) is 0 Å². The Hall–Kier alpha value is -2.47. The summed E-state index contributed by atoms with van der Waals surface area (Å²) in [6.45, 7) is 4.38. The van der Waals surface area contributed by atoms with E-state index in [0.29, 0.717) is 5.92 Å². The average Bonchev–Trinajstić information content (AvgIpc) is 3.08. The molecule has 1 N–H and O–H groups in total. The molecule has 4 heterocycles. The van der Waals surface area contributed by atoms with E-state index >= 15 is 0 Å². The van der Waals surface area contributed by atoms with Gasteiger partial charge in [0.05, 0.1) is 29.9 Å². The molecule has 1 fully saturated rings. The van der Waals surface area contributed by atoms with Crippen molar-refractivity contribution in [1.29, 1.82) is 0 Å². The number of rotatable bonds is 4. The number of nitrogens with one attached hydrogen (secondary N) is 1. The van der Waals surface area contributed by atoms with E-state index < -0.39 is 0 Å². The number of fused-ring (bicyclic) bond motifs is 1. The van der Waals surface area contributed by atoms with Gasteiger partial charge in [0.15, 0.2) is 0 Å². The first-order valence-corrected chi connectivity index (χ1v) is 9.37. The first-order chi connectivity index (χ1) is 12.7. The minimum Gasteiger partial charge on any atom is -0.334 e. The molecule has 4 rings (SSSR count). The molecule has 1 aliphatic heterocycles. The van der Waals surface area contributed by atoms with Crippen molar-refractivity contribution in [2.45, 2.75) is 32.1 Å². The molecule has 0 unspecified atom stereocenters. The molecule has 0 aromatic carbocycles. The Labute approximate surface area is 154 Å². The van der Waals surface area contributed by atoms with Crippen LogP contribution in [0.1, 0.15) is 36.9 Å². The molecule has 0 amide bonds. The Bertz CT molecular complexity index is 910. The minimum absolute atomic E-state index is 0.574. The van der Waals surface area contributed by atoms with Crippen LogP contribution >= 0.6 is 0 Å². The van der Waals surface area contributed by atoms with Crippen LogP contribution in [0.2, 0.25) is 0 Å². The molecule has 0 atom stereocenters.